The van der Waals surface area contributed by atoms with Crippen LogP contribution in [0, 0.1) is 5.92 Å². The maximum Gasteiger partial charge on any atom is 0.237 e. The van der Waals surface area contributed by atoms with Crippen LogP contribution in [0.5, 0.6) is 0 Å². The van der Waals surface area contributed by atoms with Gasteiger partial charge in [-0.05, 0) is 26.7 Å². The molecule has 0 aromatic rings. The van der Waals surface area contributed by atoms with Crippen LogP contribution in [0.3, 0.4) is 0 Å². The third-order valence-electron chi connectivity index (χ3n) is 2.83. The van der Waals surface area contributed by atoms with Gasteiger partial charge in [-0.1, -0.05) is 20.3 Å². The van der Waals surface area contributed by atoms with Gasteiger partial charge in [-0.15, -0.1) is 0 Å². The Morgan fingerprint density at radius 3 is 2.35 bits per heavy atom. The smallest absolute Gasteiger partial charge is 0.237 e. The molecule has 17 heavy (non-hydrogen) atoms. The predicted octanol–water partition coefficient (Wildman–Crippen LogP) is 1.02. The molecule has 0 aliphatic heterocycles. The van der Waals surface area contributed by atoms with Gasteiger partial charge < -0.3 is 11.1 Å². The molecule has 0 rings (SSSR count). The Morgan fingerprint density at radius 2 is 1.94 bits per heavy atom. The first-order valence-electron chi connectivity index (χ1n) is 6.12. The number of rotatable bonds is 6. The van der Waals surface area contributed by atoms with Gasteiger partial charge in [0.25, 0.3) is 0 Å². The standard InChI is InChI=1S/C12H26N2O2S/c1-6-9(2)10(13)11(15)14-7-8-17(16)12(3,4)5/h9-10H,6-8,13H2,1-5H3,(H,14,15). The van der Waals surface area contributed by atoms with Gasteiger partial charge in [0.15, 0.2) is 0 Å². The molecule has 3 atom stereocenters. The van der Waals surface area contributed by atoms with Crippen LogP contribution in [-0.4, -0.2) is 33.2 Å². The summed E-state index contributed by atoms with van der Waals surface area (Å²) in [6, 6.07) is -0.469. The number of hydrogen-bond acceptors (Lipinski definition) is 3. The molecular formula is C12H26N2O2S. The van der Waals surface area contributed by atoms with E-state index in [9.17, 15) is 9.00 Å². The minimum Gasteiger partial charge on any atom is -0.354 e. The van der Waals surface area contributed by atoms with E-state index in [1.165, 1.54) is 0 Å². The maximum atomic E-state index is 11.7. The Kier molecular flexibility index (Phi) is 6.94. The van der Waals surface area contributed by atoms with Crippen LogP contribution in [0.2, 0.25) is 0 Å². The van der Waals surface area contributed by atoms with E-state index in [0.717, 1.165) is 6.42 Å². The third-order valence-corrected chi connectivity index (χ3v) is 4.77. The molecule has 3 unspecified atom stereocenters. The molecule has 0 aromatic carbocycles. The summed E-state index contributed by atoms with van der Waals surface area (Å²) in [7, 11) is -0.935. The summed E-state index contributed by atoms with van der Waals surface area (Å²) in [6.45, 7) is 10.2. The van der Waals surface area contributed by atoms with Crippen molar-refractivity contribution in [3.05, 3.63) is 0 Å². The average Bonchev–Trinajstić information content (AvgIpc) is 2.25. The molecule has 0 spiro atoms. The molecule has 0 saturated heterocycles. The summed E-state index contributed by atoms with van der Waals surface area (Å²) in [5, 5.41) is 2.74. The number of carbonyl (C=O) groups excluding carboxylic acids is 1. The van der Waals surface area contributed by atoms with Crippen molar-refractivity contribution in [2.24, 2.45) is 11.7 Å². The molecule has 3 N–H and O–H groups in total. The number of nitrogens with one attached hydrogen (secondary N) is 1. The van der Waals surface area contributed by atoms with Gasteiger partial charge in [-0.25, -0.2) is 0 Å². The topological polar surface area (TPSA) is 72.2 Å². The van der Waals surface area contributed by atoms with E-state index in [4.69, 9.17) is 5.73 Å². The first-order chi connectivity index (χ1) is 7.70. The molecule has 4 nitrogen and oxygen atoms in total. The minimum atomic E-state index is -0.935. The van der Waals surface area contributed by atoms with Crippen molar-refractivity contribution in [1.29, 1.82) is 0 Å². The summed E-state index contributed by atoms with van der Waals surface area (Å²) in [5.74, 6) is 0.496. The summed E-state index contributed by atoms with van der Waals surface area (Å²) >= 11 is 0. The monoisotopic (exact) mass is 262 g/mol. The lowest BCUT2D eigenvalue weighted by Crippen LogP contribution is -2.46. The summed E-state index contributed by atoms with van der Waals surface area (Å²) in [6.07, 6.45) is 0.877. The minimum absolute atomic E-state index is 0.148. The van der Waals surface area contributed by atoms with Crippen LogP contribution in [0.15, 0.2) is 0 Å². The Bertz CT molecular complexity index is 274. The summed E-state index contributed by atoms with van der Waals surface area (Å²) < 4.78 is 11.5. The second-order valence-electron chi connectivity index (χ2n) is 5.36. The van der Waals surface area contributed by atoms with E-state index in [0.29, 0.717) is 12.3 Å². The van der Waals surface area contributed by atoms with Crippen LogP contribution in [0.1, 0.15) is 41.0 Å². The van der Waals surface area contributed by atoms with Crippen LogP contribution >= 0.6 is 0 Å². The first kappa shape index (κ1) is 16.6. The fraction of sp³-hybridized carbons (Fsp3) is 0.917. The van der Waals surface area contributed by atoms with Crippen LogP contribution in [-0.2, 0) is 15.6 Å². The average molecular weight is 262 g/mol. The van der Waals surface area contributed by atoms with Gasteiger partial charge in [-0.2, -0.15) is 0 Å². The molecule has 0 aliphatic rings. The highest BCUT2D eigenvalue weighted by molar-refractivity contribution is 7.86. The molecule has 0 bridgehead atoms. The van der Waals surface area contributed by atoms with Gasteiger partial charge >= 0.3 is 0 Å². The van der Waals surface area contributed by atoms with E-state index in [1.807, 2.05) is 34.6 Å². The SMILES string of the molecule is CCC(C)C(N)C(=O)NCCS(=O)C(C)(C)C. The molecule has 1 amide bonds. The van der Waals surface area contributed by atoms with E-state index in [-0.39, 0.29) is 16.6 Å². The highest BCUT2D eigenvalue weighted by Crippen LogP contribution is 2.10. The quantitative estimate of drug-likeness (QED) is 0.751. The normalized spacial score (nSPS) is 17.3. The molecule has 102 valence electrons. The van der Waals surface area contributed by atoms with Crippen LogP contribution in [0.4, 0.5) is 0 Å². The van der Waals surface area contributed by atoms with E-state index in [1.54, 1.807) is 0 Å². The van der Waals surface area contributed by atoms with Gasteiger partial charge in [0.2, 0.25) is 5.91 Å². The number of carbonyl (C=O) groups is 1. The highest BCUT2D eigenvalue weighted by Gasteiger charge is 2.21. The fourth-order valence-electron chi connectivity index (χ4n) is 1.20. The molecule has 0 fully saturated rings. The largest absolute Gasteiger partial charge is 0.354 e. The summed E-state index contributed by atoms with van der Waals surface area (Å²) in [5.41, 5.74) is 5.79. The number of hydrogen-bond donors (Lipinski definition) is 2. The Balaban J connectivity index is 3.98. The zero-order chi connectivity index (χ0) is 13.6. The van der Waals surface area contributed by atoms with Gasteiger partial charge in [0, 0.05) is 27.8 Å². The van der Waals surface area contributed by atoms with Crippen LogP contribution < -0.4 is 11.1 Å². The van der Waals surface area contributed by atoms with Gasteiger partial charge in [0.05, 0.1) is 6.04 Å². The van der Waals surface area contributed by atoms with E-state index < -0.39 is 16.8 Å². The predicted molar refractivity (Wildman–Crippen MR) is 73.2 cm³/mol. The van der Waals surface area contributed by atoms with E-state index in [2.05, 4.69) is 5.32 Å². The van der Waals surface area contributed by atoms with Crippen molar-refractivity contribution in [3.63, 3.8) is 0 Å². The van der Waals surface area contributed by atoms with Crippen molar-refractivity contribution in [1.82, 2.24) is 5.32 Å². The molecular weight excluding hydrogens is 236 g/mol. The van der Waals surface area contributed by atoms with Crippen molar-refractivity contribution in [2.45, 2.75) is 51.8 Å². The Labute approximate surface area is 107 Å². The molecule has 0 aliphatic carbocycles. The molecule has 0 radical (unpaired) electrons. The van der Waals surface area contributed by atoms with Crippen molar-refractivity contribution >= 4 is 16.7 Å². The molecule has 5 heteroatoms. The number of nitrogens with two attached hydrogens (primary N) is 1. The second-order valence-corrected chi connectivity index (χ2v) is 7.69. The third kappa shape index (κ3) is 6.17. The Hall–Kier alpha value is -0.420. The highest BCUT2D eigenvalue weighted by atomic mass is 32.2. The molecule has 0 aromatic heterocycles. The fourth-order valence-corrected chi connectivity index (χ4v) is 2.10. The lowest BCUT2D eigenvalue weighted by atomic mass is 9.99. The lowest BCUT2D eigenvalue weighted by molar-refractivity contribution is -0.123. The number of amides is 1. The Morgan fingerprint density at radius 1 is 1.41 bits per heavy atom. The van der Waals surface area contributed by atoms with Crippen molar-refractivity contribution in [2.75, 3.05) is 12.3 Å². The second kappa shape index (κ2) is 7.11. The van der Waals surface area contributed by atoms with Crippen molar-refractivity contribution < 1.29 is 9.00 Å². The lowest BCUT2D eigenvalue weighted by Gasteiger charge is -2.20. The molecule has 0 heterocycles. The molecule has 0 saturated carbocycles. The van der Waals surface area contributed by atoms with Crippen molar-refractivity contribution in [3.8, 4) is 0 Å². The van der Waals surface area contributed by atoms with Gasteiger partial charge in [0.1, 0.15) is 0 Å². The van der Waals surface area contributed by atoms with Crippen LogP contribution in [0.25, 0.3) is 0 Å². The zero-order valence-electron chi connectivity index (χ0n) is 11.6. The maximum absolute atomic E-state index is 11.7. The van der Waals surface area contributed by atoms with Gasteiger partial charge in [-0.3, -0.25) is 9.00 Å². The summed E-state index contributed by atoms with van der Waals surface area (Å²) in [4.78, 5) is 11.6. The van der Waals surface area contributed by atoms with E-state index >= 15 is 0 Å². The first-order valence-corrected chi connectivity index (χ1v) is 7.43. The zero-order valence-corrected chi connectivity index (χ0v) is 12.4.